The van der Waals surface area contributed by atoms with Gasteiger partial charge in [-0.15, -0.1) is 0 Å². The van der Waals surface area contributed by atoms with Crippen LogP contribution in [0.5, 0.6) is 17.2 Å². The van der Waals surface area contributed by atoms with Crippen molar-refractivity contribution in [3.8, 4) is 17.2 Å². The molecule has 0 aromatic heterocycles. The average Bonchev–Trinajstić information content (AvgIpc) is 2.70. The lowest BCUT2D eigenvalue weighted by Crippen LogP contribution is -2.01. The third-order valence-corrected chi connectivity index (χ3v) is 5.02. The van der Waals surface area contributed by atoms with E-state index in [1.54, 1.807) is 13.2 Å². The van der Waals surface area contributed by atoms with E-state index in [1.165, 1.54) is 18.2 Å². The van der Waals surface area contributed by atoms with Gasteiger partial charge in [-0.05, 0) is 51.8 Å². The maximum atomic E-state index is 13.6. The molecule has 2 N–H and O–H groups in total. The van der Waals surface area contributed by atoms with Crippen molar-refractivity contribution in [1.82, 2.24) is 0 Å². The molecule has 0 atom stereocenters. The molecule has 0 aliphatic heterocycles. The molecule has 146 valence electrons. The van der Waals surface area contributed by atoms with Gasteiger partial charge in [0, 0.05) is 16.1 Å². The van der Waals surface area contributed by atoms with Crippen molar-refractivity contribution in [2.75, 3.05) is 12.8 Å². The largest absolute Gasteiger partial charge is 0.497 e. The second kappa shape index (κ2) is 9.28. The summed E-state index contributed by atoms with van der Waals surface area (Å²) >= 11 is 9.49. The van der Waals surface area contributed by atoms with E-state index in [-0.39, 0.29) is 17.4 Å². The Labute approximate surface area is 176 Å². The number of benzene rings is 3. The zero-order chi connectivity index (χ0) is 20.1. The summed E-state index contributed by atoms with van der Waals surface area (Å²) in [5.74, 6) is 0.886. The van der Waals surface area contributed by atoms with E-state index in [1.807, 2.05) is 30.3 Å². The van der Waals surface area contributed by atoms with Crippen molar-refractivity contribution < 1.29 is 18.6 Å². The molecule has 0 saturated heterocycles. The molecule has 3 aromatic rings. The predicted octanol–water partition coefficient (Wildman–Crippen LogP) is 6.34. The fourth-order valence-corrected chi connectivity index (χ4v) is 2.99. The van der Waals surface area contributed by atoms with Crippen molar-refractivity contribution >= 4 is 33.2 Å². The Morgan fingerprint density at radius 3 is 2.50 bits per heavy atom. The van der Waals surface area contributed by atoms with Gasteiger partial charge in [-0.1, -0.05) is 29.8 Å². The van der Waals surface area contributed by atoms with Gasteiger partial charge >= 0.3 is 0 Å². The van der Waals surface area contributed by atoms with Crippen LogP contribution in [0, 0.1) is 5.82 Å². The number of ether oxygens (including phenoxy) is 3. The second-order valence-electron chi connectivity index (χ2n) is 5.97. The predicted molar refractivity (Wildman–Crippen MR) is 112 cm³/mol. The number of nitrogens with two attached hydrogens (primary N) is 1. The van der Waals surface area contributed by atoms with Gasteiger partial charge in [0.25, 0.3) is 0 Å². The molecular weight excluding hydrogens is 449 g/mol. The molecule has 4 nitrogen and oxygen atoms in total. The molecular formula is C21H18BrClFNO3. The topological polar surface area (TPSA) is 53.7 Å². The lowest BCUT2D eigenvalue weighted by molar-refractivity contribution is 0.106. The van der Waals surface area contributed by atoms with Gasteiger partial charge in [0.2, 0.25) is 0 Å². The summed E-state index contributed by atoms with van der Waals surface area (Å²) in [5, 5.41) is 0.283. The first-order valence-corrected chi connectivity index (χ1v) is 9.55. The van der Waals surface area contributed by atoms with Gasteiger partial charge in [0.1, 0.15) is 17.3 Å². The molecule has 0 aliphatic carbocycles. The summed E-state index contributed by atoms with van der Waals surface area (Å²) in [7, 11) is 1.62. The van der Waals surface area contributed by atoms with E-state index in [0.29, 0.717) is 22.5 Å². The number of hydrogen-bond acceptors (Lipinski definition) is 4. The van der Waals surface area contributed by atoms with Crippen LogP contribution in [-0.4, -0.2) is 7.11 Å². The summed E-state index contributed by atoms with van der Waals surface area (Å²) in [5.41, 5.74) is 8.26. The molecule has 0 spiro atoms. The van der Waals surface area contributed by atoms with Crippen molar-refractivity contribution in [3.05, 3.63) is 81.0 Å². The monoisotopic (exact) mass is 465 g/mol. The molecule has 0 radical (unpaired) electrons. The van der Waals surface area contributed by atoms with Crippen LogP contribution in [0.3, 0.4) is 0 Å². The maximum Gasteiger partial charge on any atom is 0.157 e. The van der Waals surface area contributed by atoms with Gasteiger partial charge in [-0.2, -0.15) is 0 Å². The highest BCUT2D eigenvalue weighted by atomic mass is 79.9. The zero-order valence-electron chi connectivity index (χ0n) is 15.0. The average molecular weight is 467 g/mol. The van der Waals surface area contributed by atoms with Crippen LogP contribution >= 0.6 is 27.5 Å². The summed E-state index contributed by atoms with van der Waals surface area (Å²) in [6, 6.07) is 15.1. The third kappa shape index (κ3) is 4.95. The fourth-order valence-electron chi connectivity index (χ4n) is 2.52. The van der Waals surface area contributed by atoms with Crippen LogP contribution in [0.1, 0.15) is 11.1 Å². The zero-order valence-corrected chi connectivity index (χ0v) is 17.4. The van der Waals surface area contributed by atoms with Crippen LogP contribution in [-0.2, 0) is 18.0 Å². The van der Waals surface area contributed by atoms with Crippen LogP contribution < -0.4 is 15.2 Å². The van der Waals surface area contributed by atoms with E-state index in [0.717, 1.165) is 16.9 Å². The highest BCUT2D eigenvalue weighted by Crippen LogP contribution is 2.39. The molecule has 0 amide bonds. The Balaban J connectivity index is 1.77. The van der Waals surface area contributed by atoms with Crippen molar-refractivity contribution in [2.45, 2.75) is 13.2 Å². The van der Waals surface area contributed by atoms with Gasteiger partial charge in [0.15, 0.2) is 5.75 Å². The first kappa shape index (κ1) is 20.5. The quantitative estimate of drug-likeness (QED) is 0.413. The number of anilines is 1. The summed E-state index contributed by atoms with van der Waals surface area (Å²) in [6.45, 7) is 0.659. The first-order valence-electron chi connectivity index (χ1n) is 8.38. The smallest absolute Gasteiger partial charge is 0.157 e. The van der Waals surface area contributed by atoms with Crippen molar-refractivity contribution in [1.29, 1.82) is 0 Å². The van der Waals surface area contributed by atoms with Crippen LogP contribution in [0.15, 0.2) is 59.1 Å². The number of methoxy groups -OCH3 is 1. The fraction of sp³-hybridized carbons (Fsp3) is 0.143. The number of hydrogen-bond donors (Lipinski definition) is 1. The molecule has 0 unspecified atom stereocenters. The highest BCUT2D eigenvalue weighted by molar-refractivity contribution is 9.10. The summed E-state index contributed by atoms with van der Waals surface area (Å²) in [6.07, 6.45) is 0. The van der Waals surface area contributed by atoms with Crippen LogP contribution in [0.25, 0.3) is 0 Å². The second-order valence-corrected chi connectivity index (χ2v) is 7.23. The minimum absolute atomic E-state index is 0.183. The van der Waals surface area contributed by atoms with Gasteiger partial charge in [-0.25, -0.2) is 4.39 Å². The maximum absolute atomic E-state index is 13.6. The van der Waals surface area contributed by atoms with Gasteiger partial charge in [0.05, 0.1) is 31.0 Å². The summed E-state index contributed by atoms with van der Waals surface area (Å²) in [4.78, 5) is 0. The van der Waals surface area contributed by atoms with Crippen molar-refractivity contribution in [2.24, 2.45) is 0 Å². The first-order chi connectivity index (χ1) is 13.5. The molecule has 0 aliphatic rings. The molecule has 0 fully saturated rings. The van der Waals surface area contributed by atoms with Crippen LogP contribution in [0.2, 0.25) is 5.02 Å². The Hall–Kier alpha value is -2.28. The molecule has 0 saturated carbocycles. The minimum atomic E-state index is -0.453. The normalized spacial score (nSPS) is 10.7. The molecule has 3 aromatic carbocycles. The third-order valence-electron chi connectivity index (χ3n) is 4.02. The number of nitrogen functional groups attached to an aromatic ring is 1. The molecule has 7 heteroatoms. The van der Waals surface area contributed by atoms with E-state index in [2.05, 4.69) is 15.9 Å². The summed E-state index contributed by atoms with van der Waals surface area (Å²) < 4.78 is 31.0. The van der Waals surface area contributed by atoms with E-state index >= 15 is 0 Å². The Morgan fingerprint density at radius 2 is 1.79 bits per heavy atom. The van der Waals surface area contributed by atoms with Gasteiger partial charge in [-0.3, -0.25) is 0 Å². The van der Waals surface area contributed by atoms with E-state index in [4.69, 9.17) is 31.5 Å². The Morgan fingerprint density at radius 1 is 1.04 bits per heavy atom. The molecule has 3 rings (SSSR count). The Bertz CT molecular complexity index is 967. The van der Waals surface area contributed by atoms with Crippen molar-refractivity contribution in [3.63, 3.8) is 0 Å². The lowest BCUT2D eigenvalue weighted by Gasteiger charge is -2.16. The number of rotatable bonds is 7. The number of halogens is 3. The van der Waals surface area contributed by atoms with Gasteiger partial charge < -0.3 is 19.9 Å². The molecule has 0 bridgehead atoms. The van der Waals surface area contributed by atoms with E-state index < -0.39 is 5.82 Å². The van der Waals surface area contributed by atoms with Crippen LogP contribution in [0.4, 0.5) is 10.1 Å². The molecule has 0 heterocycles. The SMILES string of the molecule is COc1ccc(COCc2ccc(Br)c(N)c2Oc2cc(F)ccc2Cl)cc1. The Kier molecular flexibility index (Phi) is 6.78. The standard InChI is InChI=1S/C21H18BrClFNO3/c1-26-16-6-2-13(3-7-16)11-27-12-14-4-8-17(22)20(25)21(14)28-19-10-15(24)5-9-18(19)23/h2-10H,11-12,25H2,1H3. The minimum Gasteiger partial charge on any atom is -0.497 e. The lowest BCUT2D eigenvalue weighted by atomic mass is 10.1. The van der Waals surface area contributed by atoms with E-state index in [9.17, 15) is 4.39 Å². The molecule has 28 heavy (non-hydrogen) atoms. The highest BCUT2D eigenvalue weighted by Gasteiger charge is 2.15.